The predicted octanol–water partition coefficient (Wildman–Crippen LogP) is 1.98. The van der Waals surface area contributed by atoms with Crippen molar-refractivity contribution in [2.45, 2.75) is 0 Å². The van der Waals surface area contributed by atoms with Gasteiger partial charge in [0.15, 0.2) is 11.5 Å². The van der Waals surface area contributed by atoms with Crippen molar-refractivity contribution in [1.82, 2.24) is 25.5 Å². The highest BCUT2D eigenvalue weighted by molar-refractivity contribution is 6.30. The van der Waals surface area contributed by atoms with Gasteiger partial charge in [0.2, 0.25) is 5.91 Å². The Bertz CT molecular complexity index is 1030. The minimum absolute atomic E-state index is 0.0449. The third-order valence-electron chi connectivity index (χ3n) is 3.82. The molecule has 27 heavy (non-hydrogen) atoms. The lowest BCUT2D eigenvalue weighted by molar-refractivity contribution is -0.118. The minimum Gasteiger partial charge on any atom is -0.463 e. The first-order valence-corrected chi connectivity index (χ1v) is 8.21. The molecule has 0 bridgehead atoms. The molecule has 10 heteroatoms. The van der Waals surface area contributed by atoms with Gasteiger partial charge in [-0.05, 0) is 36.4 Å². The Hall–Kier alpha value is -3.59. The summed E-state index contributed by atoms with van der Waals surface area (Å²) < 4.78 is 6.95. The lowest BCUT2D eigenvalue weighted by atomic mass is 10.2. The van der Waals surface area contributed by atoms with E-state index < -0.39 is 17.8 Å². The summed E-state index contributed by atoms with van der Waals surface area (Å²) in [4.78, 5) is 35.3. The number of imide groups is 1. The van der Waals surface area contributed by atoms with E-state index >= 15 is 0 Å². The molecule has 9 nitrogen and oxygen atoms in total. The molecule has 0 unspecified atom stereocenters. The van der Waals surface area contributed by atoms with E-state index in [1.807, 2.05) is 0 Å². The normalized spacial score (nSPS) is 13.7. The van der Waals surface area contributed by atoms with E-state index in [1.54, 1.807) is 36.4 Å². The summed E-state index contributed by atoms with van der Waals surface area (Å²) in [6, 6.07) is 11.2. The Labute approximate surface area is 157 Å². The van der Waals surface area contributed by atoms with E-state index in [2.05, 4.69) is 15.8 Å². The monoisotopic (exact) mass is 385 g/mol. The zero-order chi connectivity index (χ0) is 19.0. The standard InChI is InChI=1S/C17H12ClN5O4/c18-10-3-5-11(6-4-10)23-13(14-2-1-7-27-14)8-12(20-23)16(25)21-22-9-15(24)19-17(22)26/h1-8H,9H2,(H,21,25)(H,19,24,26). The zero-order valence-electron chi connectivity index (χ0n) is 13.7. The molecule has 2 N–H and O–H groups in total. The molecule has 136 valence electrons. The van der Waals surface area contributed by atoms with Crippen molar-refractivity contribution in [3.05, 3.63) is 59.4 Å². The number of furan rings is 1. The van der Waals surface area contributed by atoms with Crippen LogP contribution in [-0.2, 0) is 4.79 Å². The van der Waals surface area contributed by atoms with Gasteiger partial charge in [-0.3, -0.25) is 20.3 Å². The van der Waals surface area contributed by atoms with Crippen LogP contribution in [0.2, 0.25) is 5.02 Å². The van der Waals surface area contributed by atoms with Crippen molar-refractivity contribution < 1.29 is 18.8 Å². The topological polar surface area (TPSA) is 109 Å². The second kappa shape index (κ2) is 6.61. The Morgan fingerprint density at radius 1 is 1.22 bits per heavy atom. The molecular formula is C17H12ClN5O4. The van der Waals surface area contributed by atoms with Crippen LogP contribution in [0.5, 0.6) is 0 Å². The quantitative estimate of drug-likeness (QED) is 0.667. The van der Waals surface area contributed by atoms with Crippen LogP contribution in [-0.4, -0.2) is 39.2 Å². The van der Waals surface area contributed by atoms with E-state index in [9.17, 15) is 14.4 Å². The van der Waals surface area contributed by atoms with E-state index in [-0.39, 0.29) is 12.2 Å². The zero-order valence-corrected chi connectivity index (χ0v) is 14.4. The number of hydrogen-bond acceptors (Lipinski definition) is 5. The number of carbonyl (C=O) groups is 3. The summed E-state index contributed by atoms with van der Waals surface area (Å²) in [6.07, 6.45) is 1.51. The number of carbonyl (C=O) groups excluding carboxylic acids is 3. The molecule has 3 aromatic rings. The first kappa shape index (κ1) is 16.9. The van der Waals surface area contributed by atoms with E-state index in [4.69, 9.17) is 16.0 Å². The summed E-state index contributed by atoms with van der Waals surface area (Å²) >= 11 is 5.93. The molecule has 2 aromatic heterocycles. The number of aromatic nitrogens is 2. The maximum absolute atomic E-state index is 12.5. The van der Waals surface area contributed by atoms with Gasteiger partial charge in [0, 0.05) is 11.1 Å². The second-order valence-corrected chi connectivity index (χ2v) is 6.10. The van der Waals surface area contributed by atoms with Gasteiger partial charge < -0.3 is 4.42 Å². The number of nitrogens with zero attached hydrogens (tertiary/aromatic N) is 3. The molecular weight excluding hydrogens is 374 g/mol. The Kier molecular flexibility index (Phi) is 4.13. The Morgan fingerprint density at radius 3 is 2.63 bits per heavy atom. The van der Waals surface area contributed by atoms with Crippen molar-refractivity contribution in [2.24, 2.45) is 0 Å². The summed E-state index contributed by atoms with van der Waals surface area (Å²) in [6.45, 7) is -0.256. The van der Waals surface area contributed by atoms with Crippen LogP contribution in [0.3, 0.4) is 0 Å². The molecule has 0 saturated carbocycles. The Balaban J connectivity index is 1.69. The van der Waals surface area contributed by atoms with Crippen molar-refractivity contribution in [3.8, 4) is 17.1 Å². The largest absolute Gasteiger partial charge is 0.463 e. The average molecular weight is 386 g/mol. The van der Waals surface area contributed by atoms with Gasteiger partial charge in [-0.25, -0.2) is 14.5 Å². The molecule has 1 aliphatic heterocycles. The number of amides is 4. The van der Waals surface area contributed by atoms with Crippen molar-refractivity contribution in [2.75, 3.05) is 6.54 Å². The number of halogens is 1. The van der Waals surface area contributed by atoms with Crippen LogP contribution in [0, 0.1) is 0 Å². The van der Waals surface area contributed by atoms with Gasteiger partial charge in [0.25, 0.3) is 5.91 Å². The van der Waals surface area contributed by atoms with E-state index in [0.29, 0.717) is 22.2 Å². The first-order chi connectivity index (χ1) is 13.0. The fourth-order valence-electron chi connectivity index (χ4n) is 2.58. The Morgan fingerprint density at radius 2 is 2.00 bits per heavy atom. The summed E-state index contributed by atoms with van der Waals surface area (Å²) in [5.74, 6) is -0.630. The fraction of sp³-hybridized carbons (Fsp3) is 0.0588. The number of hydrogen-bond donors (Lipinski definition) is 2. The number of rotatable bonds is 4. The lowest BCUT2D eigenvalue weighted by Gasteiger charge is -2.13. The van der Waals surface area contributed by atoms with Gasteiger partial charge in [-0.15, -0.1) is 0 Å². The second-order valence-electron chi connectivity index (χ2n) is 5.66. The van der Waals surface area contributed by atoms with Gasteiger partial charge in [0.1, 0.15) is 12.2 Å². The highest BCUT2D eigenvalue weighted by atomic mass is 35.5. The van der Waals surface area contributed by atoms with Gasteiger partial charge in [-0.2, -0.15) is 5.10 Å². The summed E-state index contributed by atoms with van der Waals surface area (Å²) in [5, 5.41) is 7.83. The summed E-state index contributed by atoms with van der Waals surface area (Å²) in [7, 11) is 0. The molecule has 1 aliphatic rings. The number of nitrogens with one attached hydrogen (secondary N) is 2. The minimum atomic E-state index is -0.697. The predicted molar refractivity (Wildman–Crippen MR) is 94.0 cm³/mol. The van der Waals surface area contributed by atoms with Crippen molar-refractivity contribution in [3.63, 3.8) is 0 Å². The molecule has 4 amide bonds. The molecule has 1 aromatic carbocycles. The van der Waals surface area contributed by atoms with Crippen molar-refractivity contribution in [1.29, 1.82) is 0 Å². The van der Waals surface area contributed by atoms with Crippen LogP contribution >= 0.6 is 11.6 Å². The number of urea groups is 1. The fourth-order valence-corrected chi connectivity index (χ4v) is 2.71. The molecule has 0 spiro atoms. The molecule has 3 heterocycles. The third-order valence-corrected chi connectivity index (χ3v) is 4.07. The number of hydrazine groups is 1. The molecule has 4 rings (SSSR count). The molecule has 1 saturated heterocycles. The van der Waals surface area contributed by atoms with E-state index in [0.717, 1.165) is 5.01 Å². The highest BCUT2D eigenvalue weighted by Gasteiger charge is 2.29. The summed E-state index contributed by atoms with van der Waals surface area (Å²) in [5.41, 5.74) is 3.60. The maximum Gasteiger partial charge on any atom is 0.343 e. The lowest BCUT2D eigenvalue weighted by Crippen LogP contribution is -2.44. The van der Waals surface area contributed by atoms with Crippen LogP contribution in [0.4, 0.5) is 4.79 Å². The maximum atomic E-state index is 12.5. The van der Waals surface area contributed by atoms with Gasteiger partial charge >= 0.3 is 6.03 Å². The van der Waals surface area contributed by atoms with E-state index in [1.165, 1.54) is 17.0 Å². The SMILES string of the molecule is O=C1CN(NC(=O)c2cc(-c3ccco3)n(-c3ccc(Cl)cc3)n2)C(=O)N1. The molecule has 1 fully saturated rings. The molecule has 0 radical (unpaired) electrons. The molecule has 0 aliphatic carbocycles. The van der Waals surface area contributed by atoms with Crippen LogP contribution in [0.15, 0.2) is 53.1 Å². The van der Waals surface area contributed by atoms with Crippen LogP contribution in [0.1, 0.15) is 10.5 Å². The highest BCUT2D eigenvalue weighted by Crippen LogP contribution is 2.25. The smallest absolute Gasteiger partial charge is 0.343 e. The van der Waals surface area contributed by atoms with Crippen LogP contribution in [0.25, 0.3) is 17.1 Å². The molecule has 0 atom stereocenters. The van der Waals surface area contributed by atoms with Crippen molar-refractivity contribution >= 4 is 29.4 Å². The third kappa shape index (κ3) is 3.27. The average Bonchev–Trinajstić information content (AvgIpc) is 3.36. The van der Waals surface area contributed by atoms with Gasteiger partial charge in [-0.1, -0.05) is 11.6 Å². The van der Waals surface area contributed by atoms with Crippen LogP contribution < -0.4 is 10.7 Å². The number of benzene rings is 1. The van der Waals surface area contributed by atoms with Gasteiger partial charge in [0.05, 0.1) is 12.0 Å². The first-order valence-electron chi connectivity index (χ1n) is 7.83.